The van der Waals surface area contributed by atoms with Crippen LogP contribution in [0.4, 0.5) is 11.4 Å². The predicted octanol–water partition coefficient (Wildman–Crippen LogP) is 5.38. The van der Waals surface area contributed by atoms with E-state index in [0.717, 1.165) is 32.0 Å². The Labute approximate surface area is 170 Å². The summed E-state index contributed by atoms with van der Waals surface area (Å²) in [7, 11) is 0. The minimum Gasteiger partial charge on any atom is -0.494 e. The summed E-state index contributed by atoms with van der Waals surface area (Å²) in [6, 6.07) is 18.5. The molecule has 0 saturated carbocycles. The van der Waals surface area contributed by atoms with E-state index in [9.17, 15) is 4.79 Å². The van der Waals surface area contributed by atoms with Gasteiger partial charge < -0.3 is 15.8 Å². The monoisotopic (exact) mass is 435 g/mol. The van der Waals surface area contributed by atoms with Gasteiger partial charge in [0, 0.05) is 20.9 Å². The fraction of sp³-hybridized carbons (Fsp3) is 0.0909. The lowest BCUT2D eigenvalue weighted by molar-refractivity contribution is 0.102. The summed E-state index contributed by atoms with van der Waals surface area (Å²) in [4.78, 5) is 17.3. The molecule has 140 valence electrons. The van der Waals surface area contributed by atoms with Crippen LogP contribution in [0.3, 0.4) is 0 Å². The maximum atomic E-state index is 12.5. The second kappa shape index (κ2) is 7.48. The van der Waals surface area contributed by atoms with E-state index in [1.54, 1.807) is 6.07 Å². The summed E-state index contributed by atoms with van der Waals surface area (Å²) in [6.45, 7) is 2.53. The molecule has 0 aliphatic carbocycles. The van der Waals surface area contributed by atoms with Crippen molar-refractivity contribution >= 4 is 55.0 Å². The van der Waals surface area contributed by atoms with E-state index >= 15 is 0 Å². The number of fused-ring (bicyclic) bond motifs is 2. The summed E-state index contributed by atoms with van der Waals surface area (Å²) < 4.78 is 6.30. The van der Waals surface area contributed by atoms with Gasteiger partial charge in [-0.1, -0.05) is 12.1 Å². The Morgan fingerprint density at radius 2 is 1.89 bits per heavy atom. The van der Waals surface area contributed by atoms with Crippen molar-refractivity contribution in [2.45, 2.75) is 6.92 Å². The van der Waals surface area contributed by atoms with Gasteiger partial charge >= 0.3 is 0 Å². The zero-order valence-electron chi connectivity index (χ0n) is 15.2. The highest BCUT2D eigenvalue weighted by molar-refractivity contribution is 9.10. The number of carbonyl (C=O) groups is 1. The molecule has 0 fully saturated rings. The third-order valence-corrected chi connectivity index (χ3v) is 5.17. The zero-order chi connectivity index (χ0) is 19.7. The van der Waals surface area contributed by atoms with Gasteiger partial charge in [0.15, 0.2) is 0 Å². The number of rotatable bonds is 4. The average molecular weight is 436 g/mol. The summed E-state index contributed by atoms with van der Waals surface area (Å²) in [5.74, 6) is 0.571. The Morgan fingerprint density at radius 1 is 1.07 bits per heavy atom. The van der Waals surface area contributed by atoms with Crippen LogP contribution in [0.25, 0.3) is 21.8 Å². The van der Waals surface area contributed by atoms with Gasteiger partial charge in [-0.2, -0.15) is 0 Å². The summed E-state index contributed by atoms with van der Waals surface area (Å²) in [5, 5.41) is 4.60. The molecule has 1 amide bonds. The lowest BCUT2D eigenvalue weighted by Crippen LogP contribution is -2.12. The van der Waals surface area contributed by atoms with Crippen molar-refractivity contribution in [3.8, 4) is 5.75 Å². The third kappa shape index (κ3) is 3.39. The van der Waals surface area contributed by atoms with Crippen molar-refractivity contribution in [2.75, 3.05) is 17.7 Å². The lowest BCUT2D eigenvalue weighted by atomic mass is 10.1. The third-order valence-electron chi connectivity index (χ3n) is 4.47. The minimum absolute atomic E-state index is 0.193. The van der Waals surface area contributed by atoms with E-state index in [4.69, 9.17) is 15.5 Å². The largest absolute Gasteiger partial charge is 0.494 e. The molecule has 1 aromatic heterocycles. The molecule has 28 heavy (non-hydrogen) atoms. The van der Waals surface area contributed by atoms with Gasteiger partial charge in [-0.3, -0.25) is 4.79 Å². The standard InChI is InChI=1S/C22H18BrN3O2/c1-2-28-14-8-10-19-17(12-14)21(24)16-9-7-13(11-20(16)26-19)25-22(27)15-5-3-4-6-18(15)23/h3-12H,2H2,1H3,(H2,24,26)(H,25,27). The molecule has 0 bridgehead atoms. The summed E-state index contributed by atoms with van der Waals surface area (Å²) in [6.07, 6.45) is 0. The zero-order valence-corrected chi connectivity index (χ0v) is 16.8. The molecule has 5 nitrogen and oxygen atoms in total. The van der Waals surface area contributed by atoms with Crippen LogP contribution in [-0.2, 0) is 0 Å². The number of carbonyl (C=O) groups excluding carboxylic acids is 1. The molecule has 4 rings (SSSR count). The molecule has 0 aliphatic rings. The quantitative estimate of drug-likeness (QED) is 0.421. The minimum atomic E-state index is -0.193. The van der Waals surface area contributed by atoms with Crippen LogP contribution >= 0.6 is 15.9 Å². The highest BCUT2D eigenvalue weighted by atomic mass is 79.9. The van der Waals surface area contributed by atoms with Crippen molar-refractivity contribution in [3.05, 3.63) is 70.7 Å². The van der Waals surface area contributed by atoms with Gasteiger partial charge in [-0.15, -0.1) is 0 Å². The highest BCUT2D eigenvalue weighted by Crippen LogP contribution is 2.32. The molecule has 0 spiro atoms. The van der Waals surface area contributed by atoms with Gasteiger partial charge in [0.1, 0.15) is 5.75 Å². The first kappa shape index (κ1) is 18.3. The van der Waals surface area contributed by atoms with Crippen LogP contribution in [0.5, 0.6) is 5.75 Å². The van der Waals surface area contributed by atoms with Crippen molar-refractivity contribution in [2.24, 2.45) is 0 Å². The Hall–Kier alpha value is -3.12. The van der Waals surface area contributed by atoms with Gasteiger partial charge in [-0.05, 0) is 71.4 Å². The number of amides is 1. The first-order valence-corrected chi connectivity index (χ1v) is 9.68. The molecule has 0 atom stereocenters. The summed E-state index contributed by atoms with van der Waals surface area (Å²) in [5.41, 5.74) is 9.76. The molecule has 3 N–H and O–H groups in total. The predicted molar refractivity (Wildman–Crippen MR) is 117 cm³/mol. The van der Waals surface area contributed by atoms with Gasteiger partial charge in [-0.25, -0.2) is 4.98 Å². The fourth-order valence-electron chi connectivity index (χ4n) is 3.13. The smallest absolute Gasteiger partial charge is 0.256 e. The number of hydrogen-bond donors (Lipinski definition) is 2. The number of nitrogen functional groups attached to an aromatic ring is 1. The Balaban J connectivity index is 1.73. The number of halogens is 1. The van der Waals surface area contributed by atoms with E-state index < -0.39 is 0 Å². The maximum absolute atomic E-state index is 12.5. The number of ether oxygens (including phenoxy) is 1. The number of hydrogen-bond acceptors (Lipinski definition) is 4. The van der Waals surface area contributed by atoms with Crippen molar-refractivity contribution in [3.63, 3.8) is 0 Å². The van der Waals surface area contributed by atoms with E-state index in [1.165, 1.54) is 0 Å². The van der Waals surface area contributed by atoms with E-state index in [1.807, 2.05) is 61.5 Å². The van der Waals surface area contributed by atoms with Crippen molar-refractivity contribution in [1.29, 1.82) is 0 Å². The molecule has 0 aliphatic heterocycles. The first-order chi connectivity index (χ1) is 13.6. The van der Waals surface area contributed by atoms with E-state index in [-0.39, 0.29) is 5.91 Å². The van der Waals surface area contributed by atoms with Crippen LogP contribution in [0.1, 0.15) is 17.3 Å². The number of anilines is 2. The Kier molecular flexibility index (Phi) is 4.88. The van der Waals surface area contributed by atoms with E-state index in [0.29, 0.717) is 23.5 Å². The van der Waals surface area contributed by atoms with Crippen molar-refractivity contribution < 1.29 is 9.53 Å². The molecular weight excluding hydrogens is 418 g/mol. The first-order valence-electron chi connectivity index (χ1n) is 8.88. The van der Waals surface area contributed by atoms with Crippen LogP contribution in [0.15, 0.2) is 65.1 Å². The van der Waals surface area contributed by atoms with E-state index in [2.05, 4.69) is 21.2 Å². The van der Waals surface area contributed by atoms with Crippen LogP contribution < -0.4 is 15.8 Å². The van der Waals surface area contributed by atoms with Crippen LogP contribution in [0.2, 0.25) is 0 Å². The molecule has 0 saturated heterocycles. The molecule has 6 heteroatoms. The average Bonchev–Trinajstić information content (AvgIpc) is 2.69. The van der Waals surface area contributed by atoms with Crippen molar-refractivity contribution in [1.82, 2.24) is 4.98 Å². The second-order valence-electron chi connectivity index (χ2n) is 6.30. The SMILES string of the molecule is CCOc1ccc2nc3cc(NC(=O)c4ccccc4Br)ccc3c(N)c2c1. The molecule has 1 heterocycles. The number of aromatic nitrogens is 1. The second-order valence-corrected chi connectivity index (χ2v) is 7.16. The normalized spacial score (nSPS) is 10.9. The summed E-state index contributed by atoms with van der Waals surface area (Å²) >= 11 is 3.40. The Morgan fingerprint density at radius 3 is 2.68 bits per heavy atom. The number of nitrogens with zero attached hydrogens (tertiary/aromatic N) is 1. The van der Waals surface area contributed by atoms with Gasteiger partial charge in [0.25, 0.3) is 5.91 Å². The molecule has 0 radical (unpaired) electrons. The molecule has 3 aromatic carbocycles. The number of nitrogens with two attached hydrogens (primary N) is 1. The number of nitrogens with one attached hydrogen (secondary N) is 1. The number of benzene rings is 3. The highest BCUT2D eigenvalue weighted by Gasteiger charge is 2.12. The Bertz CT molecular complexity index is 1210. The topological polar surface area (TPSA) is 77.2 Å². The fourth-order valence-corrected chi connectivity index (χ4v) is 3.60. The molecular formula is C22H18BrN3O2. The van der Waals surface area contributed by atoms with Gasteiger partial charge in [0.05, 0.1) is 28.9 Å². The number of pyridine rings is 1. The molecule has 0 unspecified atom stereocenters. The maximum Gasteiger partial charge on any atom is 0.256 e. The van der Waals surface area contributed by atoms with Crippen LogP contribution in [-0.4, -0.2) is 17.5 Å². The van der Waals surface area contributed by atoms with Crippen LogP contribution in [0, 0.1) is 0 Å². The lowest BCUT2D eigenvalue weighted by Gasteiger charge is -2.11. The van der Waals surface area contributed by atoms with Gasteiger partial charge in [0.2, 0.25) is 0 Å². The molecule has 4 aromatic rings.